The average Bonchev–Trinajstić information content (AvgIpc) is 2.87. The number of rotatable bonds is 12. The molecule has 0 aromatic carbocycles. The summed E-state index contributed by atoms with van der Waals surface area (Å²) in [5, 5.41) is -0.458. The lowest BCUT2D eigenvalue weighted by atomic mass is 10.5. The Labute approximate surface area is 253 Å². The maximum absolute atomic E-state index is 13.2. The lowest BCUT2D eigenvalue weighted by molar-refractivity contribution is 0.144. The van der Waals surface area contributed by atoms with Crippen molar-refractivity contribution in [1.82, 2.24) is 9.44 Å². The van der Waals surface area contributed by atoms with Gasteiger partial charge in [0.15, 0.2) is 0 Å². The molecule has 242 valence electrons. The van der Waals surface area contributed by atoms with Crippen LogP contribution in [0.15, 0.2) is 0 Å². The molecule has 0 saturated carbocycles. The standard InChI is InChI=1S/C22H52N2O8S6Si2/c1-27-39(28-2,29-3)19-15-17-37(19,11,12)35(7,8)23-21(25)33-34-22(26)24-36(9,10)38(13,14)18-16-20(38)40(30-4,31-5)32-6/h15-18H2,1-14H3,(H,23,25)(H,24,26). The lowest BCUT2D eigenvalue weighted by Crippen LogP contribution is -2.59. The Morgan fingerprint density at radius 1 is 0.625 bits per heavy atom. The van der Waals surface area contributed by atoms with Crippen LogP contribution in [0.25, 0.3) is 0 Å². The molecular weight excluding hydrogens is 669 g/mol. The summed E-state index contributed by atoms with van der Waals surface area (Å²) in [5.74, 6) is 1.95. The van der Waals surface area contributed by atoms with Gasteiger partial charge in [-0.2, -0.15) is 0 Å². The fourth-order valence-electron chi connectivity index (χ4n) is 5.36. The maximum atomic E-state index is 13.2. The molecule has 0 aromatic rings. The van der Waals surface area contributed by atoms with Gasteiger partial charge in [-0.3, -0.25) is 9.59 Å². The van der Waals surface area contributed by atoms with Crippen molar-refractivity contribution in [2.24, 2.45) is 0 Å². The first-order valence-electron chi connectivity index (χ1n) is 12.4. The van der Waals surface area contributed by atoms with Crippen LogP contribution in [-0.2, 0) is 26.6 Å². The fourth-order valence-corrected chi connectivity index (χ4v) is 40.5. The second-order valence-electron chi connectivity index (χ2n) is 11.6. The zero-order valence-electron chi connectivity index (χ0n) is 26.5. The van der Waals surface area contributed by atoms with E-state index >= 15 is 0 Å². The van der Waals surface area contributed by atoms with Gasteiger partial charge in [0.05, 0.1) is 0 Å². The van der Waals surface area contributed by atoms with Gasteiger partial charge in [-0.1, -0.05) is 0 Å². The molecule has 0 aliphatic carbocycles. The molecule has 2 heterocycles. The highest BCUT2D eigenvalue weighted by molar-refractivity contribution is 9.15. The summed E-state index contributed by atoms with van der Waals surface area (Å²) in [7, 11) is -2.16. The van der Waals surface area contributed by atoms with Crippen LogP contribution < -0.4 is 9.44 Å². The van der Waals surface area contributed by atoms with Gasteiger partial charge in [-0.15, -0.1) is 18.5 Å². The summed E-state index contributed by atoms with van der Waals surface area (Å²) >= 11 is 0. The zero-order valence-corrected chi connectivity index (χ0v) is 33.4. The smallest absolute Gasteiger partial charge is 0.373 e. The van der Waals surface area contributed by atoms with Crippen molar-refractivity contribution in [2.75, 3.05) is 104 Å². The number of carbonyl (C=O) groups excluding carboxylic acids is 2. The van der Waals surface area contributed by atoms with Crippen molar-refractivity contribution in [3.63, 3.8) is 0 Å². The number of hydrogen-bond donors (Lipinski definition) is 2. The minimum atomic E-state index is -2.98. The normalized spacial score (nSPS) is 24.6. The van der Waals surface area contributed by atoms with Crippen molar-refractivity contribution in [2.45, 2.75) is 12.8 Å². The zero-order chi connectivity index (χ0) is 31.1. The van der Waals surface area contributed by atoms with Crippen LogP contribution >= 0.6 is 55.6 Å². The Morgan fingerprint density at radius 2 is 0.875 bits per heavy atom. The quantitative estimate of drug-likeness (QED) is 0.166. The van der Waals surface area contributed by atoms with E-state index in [1.165, 1.54) is 8.98 Å². The number of amides is 2. The Kier molecular flexibility index (Phi) is 11.2. The molecule has 2 aliphatic heterocycles. The van der Waals surface area contributed by atoms with E-state index in [-0.39, 0.29) is 10.5 Å². The molecule has 2 aliphatic rings. The summed E-state index contributed by atoms with van der Waals surface area (Å²) in [6, 6.07) is 0. The van der Waals surface area contributed by atoms with Gasteiger partial charge in [0.25, 0.3) is 10.5 Å². The SMILES string of the molecule is CO[Si](OC)(OC)C1=S(C)(C)(S(C)(C)NC(=O)SSC(=O)NS(C)(C)S2(C)(C)=C([Si](OC)(OC)OC)CC2)CC1. The Balaban J connectivity index is 2.22. The molecule has 0 bridgehead atoms. The van der Waals surface area contributed by atoms with E-state index in [4.69, 9.17) is 26.6 Å². The molecule has 0 fully saturated rings. The van der Waals surface area contributed by atoms with E-state index in [0.717, 1.165) is 45.9 Å². The van der Waals surface area contributed by atoms with Crippen molar-refractivity contribution >= 4 is 92.7 Å². The van der Waals surface area contributed by atoms with Crippen LogP contribution in [0, 0.1) is 0 Å². The van der Waals surface area contributed by atoms with E-state index in [2.05, 4.69) is 59.5 Å². The van der Waals surface area contributed by atoms with Crippen molar-refractivity contribution < 1.29 is 36.1 Å². The van der Waals surface area contributed by atoms with Crippen molar-refractivity contribution in [1.29, 1.82) is 0 Å². The van der Waals surface area contributed by atoms with Crippen LogP contribution in [0.1, 0.15) is 12.8 Å². The number of carbonyl (C=O) groups is 2. The van der Waals surface area contributed by atoms with E-state index in [1.54, 1.807) is 42.7 Å². The van der Waals surface area contributed by atoms with Gasteiger partial charge in [0.1, 0.15) is 0 Å². The van der Waals surface area contributed by atoms with E-state index in [1.807, 2.05) is 0 Å². The summed E-state index contributed by atoms with van der Waals surface area (Å²) in [6.45, 7) is 0. The van der Waals surface area contributed by atoms with Crippen LogP contribution in [0.3, 0.4) is 0 Å². The van der Waals surface area contributed by atoms with Gasteiger partial charge in [-0.05, 0) is 74.4 Å². The number of hydrogen-bond acceptors (Lipinski definition) is 10. The van der Waals surface area contributed by atoms with Crippen molar-refractivity contribution in [3.05, 3.63) is 0 Å². The molecule has 0 saturated heterocycles. The largest absolute Gasteiger partial charge is 0.537 e. The first-order valence-corrected chi connectivity index (χ1v) is 29.9. The van der Waals surface area contributed by atoms with Gasteiger partial charge in [0, 0.05) is 73.2 Å². The van der Waals surface area contributed by atoms with Gasteiger partial charge in [0.2, 0.25) is 0 Å². The second kappa shape index (κ2) is 12.1. The molecule has 0 aromatic heterocycles. The van der Waals surface area contributed by atoms with Gasteiger partial charge in [-0.25, -0.2) is 15.6 Å². The monoisotopic (exact) mass is 720 g/mol. The molecule has 2 rings (SSSR count). The number of nitrogens with one attached hydrogen (secondary N) is 2. The van der Waals surface area contributed by atoms with E-state index in [0.29, 0.717) is 0 Å². The molecule has 2 N–H and O–H groups in total. The lowest BCUT2D eigenvalue weighted by Gasteiger charge is -2.67. The van der Waals surface area contributed by atoms with Gasteiger partial charge >= 0.3 is 17.6 Å². The predicted octanol–water partition coefficient (Wildman–Crippen LogP) is 4.76. The second-order valence-corrected chi connectivity index (χ2v) is 47.2. The minimum absolute atomic E-state index is 0.229. The fraction of sp³-hybridized carbons (Fsp3) is 0.818. The first kappa shape index (κ1) is 37.2. The third-order valence-corrected chi connectivity index (χ3v) is 54.3. The Hall–Kier alpha value is 0.974. The van der Waals surface area contributed by atoms with Crippen LogP contribution in [0.2, 0.25) is 0 Å². The summed E-state index contributed by atoms with van der Waals surface area (Å²) < 4.78 is 44.0. The van der Waals surface area contributed by atoms with Gasteiger partial charge < -0.3 is 36.0 Å². The summed E-state index contributed by atoms with van der Waals surface area (Å²) in [5.41, 5.74) is 0. The predicted molar refractivity (Wildman–Crippen MR) is 193 cm³/mol. The Bertz CT molecular complexity index is 1070. The minimum Gasteiger partial charge on any atom is -0.373 e. The topological polar surface area (TPSA) is 114 Å². The Morgan fingerprint density at radius 3 is 1.05 bits per heavy atom. The molecule has 0 atom stereocenters. The maximum Gasteiger partial charge on any atom is 0.537 e. The molecule has 10 nitrogen and oxygen atoms in total. The highest BCUT2D eigenvalue weighted by atomic mass is 33.2. The molecule has 0 radical (unpaired) electrons. The molecule has 0 spiro atoms. The van der Waals surface area contributed by atoms with Crippen LogP contribution in [0.5, 0.6) is 0 Å². The molecule has 0 unspecified atom stereocenters. The molecule has 40 heavy (non-hydrogen) atoms. The summed E-state index contributed by atoms with van der Waals surface area (Å²) in [6.07, 6.45) is 19.3. The average molecular weight is 721 g/mol. The third-order valence-electron chi connectivity index (χ3n) is 9.20. The molecule has 18 heteroatoms. The highest BCUT2D eigenvalue weighted by Gasteiger charge is 2.59. The molecular formula is C22H52N2O8S6Si2. The van der Waals surface area contributed by atoms with Crippen molar-refractivity contribution in [3.8, 4) is 0 Å². The van der Waals surface area contributed by atoms with Crippen LogP contribution in [-0.4, -0.2) is 141 Å². The third kappa shape index (κ3) is 5.62. The highest BCUT2D eigenvalue weighted by Crippen LogP contribution is 2.85. The van der Waals surface area contributed by atoms with E-state index < -0.39 is 51.7 Å². The molecule has 2 amide bonds. The first-order chi connectivity index (χ1) is 18.1. The van der Waals surface area contributed by atoms with Crippen LogP contribution in [0.4, 0.5) is 9.59 Å². The van der Waals surface area contributed by atoms with E-state index in [9.17, 15) is 9.59 Å². The summed E-state index contributed by atoms with van der Waals surface area (Å²) in [4.78, 5) is 26.4.